The molecule has 0 unspecified atom stereocenters. The Kier molecular flexibility index (Phi) is 5.57. The Morgan fingerprint density at radius 3 is 2.63 bits per heavy atom. The first-order valence-electron chi connectivity index (χ1n) is 8.33. The number of amides is 2. The van der Waals surface area contributed by atoms with Crippen LogP contribution in [-0.2, 0) is 6.54 Å². The van der Waals surface area contributed by atoms with Gasteiger partial charge in [0.1, 0.15) is 0 Å². The average molecular weight is 383 g/mol. The minimum absolute atomic E-state index is 0.126. The van der Waals surface area contributed by atoms with Crippen LogP contribution >= 0.6 is 11.6 Å². The molecule has 0 spiro atoms. The Bertz CT molecular complexity index is 981. The molecule has 1 aromatic heterocycles. The van der Waals surface area contributed by atoms with Gasteiger partial charge in [0, 0.05) is 36.6 Å². The molecule has 27 heavy (non-hydrogen) atoms. The monoisotopic (exact) mass is 382 g/mol. The van der Waals surface area contributed by atoms with E-state index in [1.807, 2.05) is 24.3 Å². The Balaban J connectivity index is 1.71. The van der Waals surface area contributed by atoms with E-state index < -0.39 is 0 Å². The largest absolute Gasteiger partial charge is 0.345 e. The van der Waals surface area contributed by atoms with E-state index in [9.17, 15) is 9.59 Å². The highest BCUT2D eigenvalue weighted by Crippen LogP contribution is 2.17. The second-order valence-electron chi connectivity index (χ2n) is 6.25. The van der Waals surface area contributed by atoms with Crippen LogP contribution in [0.15, 0.2) is 60.9 Å². The molecule has 1 N–H and O–H groups in total. The maximum Gasteiger partial charge on any atom is 0.258 e. The van der Waals surface area contributed by atoms with E-state index in [2.05, 4.69) is 10.4 Å². The van der Waals surface area contributed by atoms with Crippen LogP contribution < -0.4 is 5.32 Å². The van der Waals surface area contributed by atoms with Crippen molar-refractivity contribution in [2.24, 2.45) is 0 Å². The molecule has 0 saturated heterocycles. The topological polar surface area (TPSA) is 67.2 Å². The van der Waals surface area contributed by atoms with Gasteiger partial charge in [0.2, 0.25) is 0 Å². The van der Waals surface area contributed by atoms with E-state index in [4.69, 9.17) is 11.6 Å². The van der Waals surface area contributed by atoms with Crippen molar-refractivity contribution in [2.75, 3.05) is 19.4 Å². The van der Waals surface area contributed by atoms with Crippen LogP contribution in [-0.4, -0.2) is 40.6 Å². The molecular formula is C20H19ClN4O2. The molecular weight excluding hydrogens is 364 g/mol. The van der Waals surface area contributed by atoms with Crippen molar-refractivity contribution in [2.45, 2.75) is 6.54 Å². The average Bonchev–Trinajstić information content (AvgIpc) is 3.12. The third-order valence-electron chi connectivity index (χ3n) is 3.96. The minimum Gasteiger partial charge on any atom is -0.345 e. The second-order valence-corrected chi connectivity index (χ2v) is 6.66. The van der Waals surface area contributed by atoms with Gasteiger partial charge in [-0.2, -0.15) is 5.10 Å². The van der Waals surface area contributed by atoms with E-state index in [1.165, 1.54) is 11.1 Å². The summed E-state index contributed by atoms with van der Waals surface area (Å²) >= 11 is 6.16. The maximum atomic E-state index is 12.5. The lowest BCUT2D eigenvalue weighted by molar-refractivity contribution is 0.0827. The van der Waals surface area contributed by atoms with Crippen LogP contribution in [0.5, 0.6) is 0 Å². The van der Waals surface area contributed by atoms with Crippen LogP contribution in [0.2, 0.25) is 5.02 Å². The van der Waals surface area contributed by atoms with Gasteiger partial charge in [-0.05, 0) is 29.8 Å². The van der Waals surface area contributed by atoms with Crippen molar-refractivity contribution < 1.29 is 9.59 Å². The standard InChI is InChI=1S/C20H19ClN4O2/c1-24(2)20(27)14-7-5-8-17(10-14)23-19(26)16-11-22-25(13-16)12-15-6-3-4-9-18(15)21/h3-11,13H,12H2,1-2H3,(H,23,26). The number of rotatable bonds is 5. The van der Waals surface area contributed by atoms with Crippen LogP contribution in [0.3, 0.4) is 0 Å². The molecule has 0 saturated carbocycles. The summed E-state index contributed by atoms with van der Waals surface area (Å²) in [5.41, 5.74) is 2.40. The van der Waals surface area contributed by atoms with Crippen LogP contribution in [0, 0.1) is 0 Å². The van der Waals surface area contributed by atoms with Crippen molar-refractivity contribution in [1.82, 2.24) is 14.7 Å². The van der Waals surface area contributed by atoms with Crippen molar-refractivity contribution >= 4 is 29.1 Å². The number of benzene rings is 2. The number of nitrogens with zero attached hydrogens (tertiary/aromatic N) is 3. The summed E-state index contributed by atoms with van der Waals surface area (Å²) in [6, 6.07) is 14.3. The van der Waals surface area contributed by atoms with Gasteiger partial charge in [-0.25, -0.2) is 0 Å². The molecule has 6 nitrogen and oxygen atoms in total. The predicted octanol–water partition coefficient (Wildman–Crippen LogP) is 3.54. The van der Waals surface area contributed by atoms with Gasteiger partial charge in [0.15, 0.2) is 0 Å². The van der Waals surface area contributed by atoms with Gasteiger partial charge < -0.3 is 10.2 Å². The Hall–Kier alpha value is -3.12. The molecule has 0 fully saturated rings. The molecule has 0 radical (unpaired) electrons. The molecule has 0 aliphatic carbocycles. The summed E-state index contributed by atoms with van der Waals surface area (Å²) in [7, 11) is 3.36. The lowest BCUT2D eigenvalue weighted by Crippen LogP contribution is -2.21. The Morgan fingerprint density at radius 2 is 1.89 bits per heavy atom. The fourth-order valence-corrected chi connectivity index (χ4v) is 2.76. The molecule has 0 atom stereocenters. The zero-order chi connectivity index (χ0) is 19.4. The van der Waals surface area contributed by atoms with Crippen molar-refractivity contribution in [3.05, 3.63) is 82.6 Å². The molecule has 138 valence electrons. The van der Waals surface area contributed by atoms with Crippen molar-refractivity contribution in [1.29, 1.82) is 0 Å². The molecule has 0 aliphatic rings. The number of carbonyl (C=O) groups excluding carboxylic acids is 2. The van der Waals surface area contributed by atoms with E-state index in [1.54, 1.807) is 49.2 Å². The summed E-state index contributed by atoms with van der Waals surface area (Å²) in [4.78, 5) is 26.0. The first-order chi connectivity index (χ1) is 12.9. The first-order valence-corrected chi connectivity index (χ1v) is 8.71. The maximum absolute atomic E-state index is 12.5. The van der Waals surface area contributed by atoms with Gasteiger partial charge in [0.25, 0.3) is 11.8 Å². The van der Waals surface area contributed by atoms with Crippen molar-refractivity contribution in [3.8, 4) is 0 Å². The highest BCUT2D eigenvalue weighted by atomic mass is 35.5. The molecule has 0 aliphatic heterocycles. The third kappa shape index (κ3) is 4.54. The fraction of sp³-hybridized carbons (Fsp3) is 0.150. The fourth-order valence-electron chi connectivity index (χ4n) is 2.56. The molecule has 3 rings (SSSR count). The predicted molar refractivity (Wildman–Crippen MR) is 105 cm³/mol. The number of anilines is 1. The third-order valence-corrected chi connectivity index (χ3v) is 4.33. The molecule has 2 aromatic carbocycles. The number of hydrogen-bond acceptors (Lipinski definition) is 3. The molecule has 1 heterocycles. The lowest BCUT2D eigenvalue weighted by atomic mass is 10.1. The number of hydrogen-bond donors (Lipinski definition) is 1. The summed E-state index contributed by atoms with van der Waals surface area (Å²) in [6.45, 7) is 0.472. The number of halogens is 1. The van der Waals surface area contributed by atoms with Crippen molar-refractivity contribution in [3.63, 3.8) is 0 Å². The zero-order valence-corrected chi connectivity index (χ0v) is 15.8. The first kappa shape index (κ1) is 18.7. The summed E-state index contributed by atoms with van der Waals surface area (Å²) in [6.07, 6.45) is 3.16. The zero-order valence-electron chi connectivity index (χ0n) is 15.0. The van der Waals surface area contributed by atoms with E-state index in [0.29, 0.717) is 28.4 Å². The van der Waals surface area contributed by atoms with Gasteiger partial charge in [-0.15, -0.1) is 0 Å². The SMILES string of the molecule is CN(C)C(=O)c1cccc(NC(=O)c2cnn(Cc3ccccc3Cl)c2)c1. The molecule has 3 aromatic rings. The van der Waals surface area contributed by atoms with Gasteiger partial charge in [0.05, 0.1) is 18.3 Å². The van der Waals surface area contributed by atoms with Gasteiger partial charge in [-0.3, -0.25) is 14.3 Å². The quantitative estimate of drug-likeness (QED) is 0.733. The summed E-state index contributed by atoms with van der Waals surface area (Å²) in [5.74, 6) is -0.423. The summed E-state index contributed by atoms with van der Waals surface area (Å²) in [5, 5.41) is 7.67. The van der Waals surface area contributed by atoms with E-state index >= 15 is 0 Å². The lowest BCUT2D eigenvalue weighted by Gasteiger charge is -2.11. The number of aromatic nitrogens is 2. The highest BCUT2D eigenvalue weighted by molar-refractivity contribution is 6.31. The van der Waals surface area contributed by atoms with Crippen LogP contribution in [0.25, 0.3) is 0 Å². The summed E-state index contributed by atoms with van der Waals surface area (Å²) < 4.78 is 1.65. The Labute approximate surface area is 162 Å². The Morgan fingerprint density at radius 1 is 1.11 bits per heavy atom. The van der Waals surface area contributed by atoms with Gasteiger partial charge >= 0.3 is 0 Å². The van der Waals surface area contributed by atoms with Crippen LogP contribution in [0.4, 0.5) is 5.69 Å². The van der Waals surface area contributed by atoms with E-state index in [-0.39, 0.29) is 11.8 Å². The number of nitrogens with one attached hydrogen (secondary N) is 1. The molecule has 7 heteroatoms. The minimum atomic E-state index is -0.296. The highest BCUT2D eigenvalue weighted by Gasteiger charge is 2.12. The van der Waals surface area contributed by atoms with E-state index in [0.717, 1.165) is 5.56 Å². The smallest absolute Gasteiger partial charge is 0.258 e. The molecule has 0 bridgehead atoms. The second kappa shape index (κ2) is 8.05. The molecule has 2 amide bonds. The van der Waals surface area contributed by atoms with Crippen LogP contribution in [0.1, 0.15) is 26.3 Å². The number of carbonyl (C=O) groups is 2. The van der Waals surface area contributed by atoms with Gasteiger partial charge in [-0.1, -0.05) is 35.9 Å². The normalized spacial score (nSPS) is 10.5.